The van der Waals surface area contributed by atoms with Gasteiger partial charge in [0.1, 0.15) is 11.7 Å². The first-order valence-electron chi connectivity index (χ1n) is 12.0. The van der Waals surface area contributed by atoms with Crippen molar-refractivity contribution in [3.63, 3.8) is 0 Å². The highest BCUT2D eigenvalue weighted by Crippen LogP contribution is 2.40. The topological polar surface area (TPSA) is 92.6 Å². The number of benzene rings is 1. The number of hydrogen-bond acceptors (Lipinski definition) is 6. The molecule has 3 aromatic heterocycles. The van der Waals surface area contributed by atoms with Crippen LogP contribution in [0.1, 0.15) is 43.9 Å². The molecule has 1 aliphatic rings. The van der Waals surface area contributed by atoms with Crippen LogP contribution in [0.15, 0.2) is 48.7 Å². The Balaban J connectivity index is 0.00000200. The number of nitrogens with two attached hydrogens (primary N) is 1. The number of pyridine rings is 2. The monoisotopic (exact) mass is 570 g/mol. The van der Waals surface area contributed by atoms with Gasteiger partial charge < -0.3 is 10.8 Å². The van der Waals surface area contributed by atoms with Crippen molar-refractivity contribution >= 4 is 41.4 Å². The number of fused-ring (bicyclic) bond motifs is 2. The minimum Gasteiger partial charge on any atom is -0.396 e. The SMILES string of the molecule is CC(C)(CCO)c1cccc2ccc(-c3nnc4ccc([C@@H](N5CC[C@H](N)C5)C(F)(F)F)cn34)nc12.Cl.Cl. The van der Waals surface area contributed by atoms with E-state index in [0.717, 1.165) is 16.5 Å². The van der Waals surface area contributed by atoms with E-state index in [4.69, 9.17) is 10.7 Å². The summed E-state index contributed by atoms with van der Waals surface area (Å²) in [6.45, 7) is 4.62. The smallest absolute Gasteiger partial charge is 0.396 e. The van der Waals surface area contributed by atoms with Gasteiger partial charge in [-0.2, -0.15) is 13.2 Å². The summed E-state index contributed by atoms with van der Waals surface area (Å²) >= 11 is 0. The summed E-state index contributed by atoms with van der Waals surface area (Å²) in [5, 5.41) is 18.9. The van der Waals surface area contributed by atoms with Gasteiger partial charge >= 0.3 is 6.18 Å². The molecule has 0 amide bonds. The molecule has 38 heavy (non-hydrogen) atoms. The molecule has 0 bridgehead atoms. The quantitative estimate of drug-likeness (QED) is 0.335. The second kappa shape index (κ2) is 11.3. The van der Waals surface area contributed by atoms with E-state index < -0.39 is 12.2 Å². The Morgan fingerprint density at radius 3 is 2.50 bits per heavy atom. The maximum absolute atomic E-state index is 14.2. The molecule has 5 rings (SSSR count). The van der Waals surface area contributed by atoms with E-state index in [1.807, 2.05) is 38.1 Å². The number of hydrogen-bond donors (Lipinski definition) is 2. The Bertz CT molecular complexity index is 1410. The number of aliphatic hydroxyl groups excluding tert-OH is 1. The van der Waals surface area contributed by atoms with Crippen molar-refractivity contribution in [3.05, 3.63) is 59.8 Å². The summed E-state index contributed by atoms with van der Waals surface area (Å²) < 4.78 is 44.1. The van der Waals surface area contributed by atoms with E-state index in [-0.39, 0.29) is 61.5 Å². The van der Waals surface area contributed by atoms with Crippen LogP contribution in [0, 0.1) is 0 Å². The number of aliphatic hydroxyl groups is 1. The van der Waals surface area contributed by atoms with Crippen LogP contribution in [0.2, 0.25) is 0 Å². The molecular weight excluding hydrogens is 540 g/mol. The van der Waals surface area contributed by atoms with Gasteiger partial charge in [0.25, 0.3) is 0 Å². The molecule has 0 unspecified atom stereocenters. The Labute approximate surface area is 231 Å². The standard InChI is InChI=1S/C26H29F3N6O.2ClH/c1-25(2,11-13-36)19-5-3-4-16-6-8-20(31-22(16)19)24-33-32-21-9-7-17(14-35(21)24)23(26(27,28)29)34-12-10-18(30)15-34;;/h3-9,14,18,23,36H,10-13,15,30H2,1-2H3;2*1H/t18-,23+;;/m0../s1. The van der Waals surface area contributed by atoms with Crippen molar-refractivity contribution in [2.75, 3.05) is 19.7 Å². The fraction of sp³-hybridized carbons (Fsp3) is 0.423. The number of nitrogens with zero attached hydrogens (tertiary/aromatic N) is 5. The largest absolute Gasteiger partial charge is 0.408 e. The van der Waals surface area contributed by atoms with Gasteiger partial charge in [0.15, 0.2) is 11.5 Å². The summed E-state index contributed by atoms with van der Waals surface area (Å²) in [6, 6.07) is 10.6. The number of halogens is 5. The summed E-state index contributed by atoms with van der Waals surface area (Å²) in [5.41, 5.74) is 8.38. The van der Waals surface area contributed by atoms with Gasteiger partial charge in [-0.05, 0) is 41.5 Å². The van der Waals surface area contributed by atoms with E-state index in [1.165, 1.54) is 17.2 Å². The highest BCUT2D eigenvalue weighted by atomic mass is 35.5. The molecule has 1 saturated heterocycles. The van der Waals surface area contributed by atoms with Gasteiger partial charge in [0.05, 0.1) is 5.52 Å². The lowest BCUT2D eigenvalue weighted by Gasteiger charge is -2.30. The van der Waals surface area contributed by atoms with Crippen molar-refractivity contribution in [3.8, 4) is 11.5 Å². The van der Waals surface area contributed by atoms with E-state index in [1.54, 1.807) is 16.5 Å². The first kappa shape index (κ1) is 30.0. The molecule has 4 aromatic rings. The molecule has 1 fully saturated rings. The lowest BCUT2D eigenvalue weighted by molar-refractivity contribution is -0.183. The predicted molar refractivity (Wildman–Crippen MR) is 146 cm³/mol. The van der Waals surface area contributed by atoms with Crippen LogP contribution in [-0.4, -0.2) is 61.5 Å². The molecule has 12 heteroatoms. The molecule has 4 heterocycles. The molecule has 2 atom stereocenters. The molecule has 0 saturated carbocycles. The molecular formula is C26H31Cl2F3N6O. The van der Waals surface area contributed by atoms with Crippen molar-refractivity contribution in [1.82, 2.24) is 24.5 Å². The summed E-state index contributed by atoms with van der Waals surface area (Å²) in [5.74, 6) is 0.363. The Kier molecular flexibility index (Phi) is 8.95. The Morgan fingerprint density at radius 2 is 1.84 bits per heavy atom. The zero-order valence-electron chi connectivity index (χ0n) is 21.0. The highest BCUT2D eigenvalue weighted by molar-refractivity contribution is 5.86. The predicted octanol–water partition coefficient (Wildman–Crippen LogP) is 5.08. The normalized spacial score (nSPS) is 17.4. The molecule has 206 valence electrons. The maximum atomic E-state index is 14.2. The second-order valence-corrected chi connectivity index (χ2v) is 10.1. The first-order chi connectivity index (χ1) is 17.1. The van der Waals surface area contributed by atoms with E-state index >= 15 is 0 Å². The number of alkyl halides is 3. The zero-order chi connectivity index (χ0) is 25.7. The number of likely N-dealkylation sites (tertiary alicyclic amines) is 1. The van der Waals surface area contributed by atoms with Crippen molar-refractivity contribution < 1.29 is 18.3 Å². The van der Waals surface area contributed by atoms with Crippen LogP contribution in [0.25, 0.3) is 28.1 Å². The number of rotatable bonds is 6. The fourth-order valence-electron chi connectivity index (χ4n) is 5.13. The average Bonchev–Trinajstić information content (AvgIpc) is 3.43. The van der Waals surface area contributed by atoms with Gasteiger partial charge in [-0.3, -0.25) is 9.30 Å². The van der Waals surface area contributed by atoms with Crippen LogP contribution >= 0.6 is 24.8 Å². The van der Waals surface area contributed by atoms with Crippen LogP contribution in [0.5, 0.6) is 0 Å². The third-order valence-corrected chi connectivity index (χ3v) is 7.09. The molecule has 7 nitrogen and oxygen atoms in total. The van der Waals surface area contributed by atoms with Crippen molar-refractivity contribution in [1.29, 1.82) is 0 Å². The van der Waals surface area contributed by atoms with E-state index in [0.29, 0.717) is 30.0 Å². The lowest BCUT2D eigenvalue weighted by Crippen LogP contribution is -2.38. The summed E-state index contributed by atoms with van der Waals surface area (Å²) in [6.07, 6.45) is -1.91. The van der Waals surface area contributed by atoms with Crippen LogP contribution in [0.3, 0.4) is 0 Å². The third kappa shape index (κ3) is 5.60. The van der Waals surface area contributed by atoms with Crippen LogP contribution in [-0.2, 0) is 5.41 Å². The fourth-order valence-corrected chi connectivity index (χ4v) is 5.13. The van der Waals surface area contributed by atoms with Crippen LogP contribution < -0.4 is 5.73 Å². The van der Waals surface area contributed by atoms with Gasteiger partial charge in [0, 0.05) is 37.3 Å². The molecule has 1 aromatic carbocycles. The first-order valence-corrected chi connectivity index (χ1v) is 12.0. The number of para-hydroxylation sites is 1. The average molecular weight is 571 g/mol. The lowest BCUT2D eigenvalue weighted by atomic mass is 9.80. The molecule has 0 aliphatic carbocycles. The van der Waals surface area contributed by atoms with E-state index in [2.05, 4.69) is 10.2 Å². The number of aromatic nitrogens is 4. The van der Waals surface area contributed by atoms with E-state index in [9.17, 15) is 18.3 Å². The minimum absolute atomic E-state index is 0. The third-order valence-electron chi connectivity index (χ3n) is 7.09. The Hall–Kier alpha value is -2.50. The highest BCUT2D eigenvalue weighted by Gasteiger charge is 2.46. The second-order valence-electron chi connectivity index (χ2n) is 10.1. The van der Waals surface area contributed by atoms with Crippen LogP contribution in [0.4, 0.5) is 13.2 Å². The van der Waals surface area contributed by atoms with Gasteiger partial charge in [-0.25, -0.2) is 4.98 Å². The molecule has 1 aliphatic heterocycles. The van der Waals surface area contributed by atoms with Crippen molar-refractivity contribution in [2.45, 2.75) is 50.4 Å². The summed E-state index contributed by atoms with van der Waals surface area (Å²) in [4.78, 5) is 6.26. The maximum Gasteiger partial charge on any atom is 0.408 e. The molecule has 0 radical (unpaired) electrons. The van der Waals surface area contributed by atoms with Gasteiger partial charge in [-0.15, -0.1) is 35.0 Å². The summed E-state index contributed by atoms with van der Waals surface area (Å²) in [7, 11) is 0. The van der Waals surface area contributed by atoms with Gasteiger partial charge in [0.2, 0.25) is 0 Å². The van der Waals surface area contributed by atoms with Crippen molar-refractivity contribution in [2.24, 2.45) is 5.73 Å². The minimum atomic E-state index is -4.46. The van der Waals surface area contributed by atoms with Gasteiger partial charge in [-0.1, -0.05) is 44.2 Å². The zero-order valence-corrected chi connectivity index (χ0v) is 22.7. The molecule has 0 spiro atoms. The Morgan fingerprint density at radius 1 is 1.08 bits per heavy atom. The molecule has 3 N–H and O–H groups in total.